The zero-order chi connectivity index (χ0) is 33.2. The molecule has 0 fully saturated rings. The Labute approximate surface area is 274 Å². The number of rotatable bonds is 13. The number of anilines is 1. The predicted octanol–water partition coefficient (Wildman–Crippen LogP) is 6.90. The molecule has 12 heteroatoms. The van der Waals surface area contributed by atoms with Gasteiger partial charge in [0.05, 0.1) is 28.7 Å². The first-order chi connectivity index (χ1) is 22.5. The lowest BCUT2D eigenvalue weighted by Gasteiger charge is -2.19. The van der Waals surface area contributed by atoms with Gasteiger partial charge in [-0.1, -0.05) is 55.5 Å². The highest BCUT2D eigenvalue weighted by Crippen LogP contribution is 2.42. The summed E-state index contributed by atoms with van der Waals surface area (Å²) in [6.45, 7) is 2.99. The normalized spacial score (nSPS) is 14.8. The van der Waals surface area contributed by atoms with E-state index in [2.05, 4.69) is 10.6 Å². The fourth-order valence-corrected chi connectivity index (χ4v) is 7.14. The molecular weight excluding hydrogens is 641 g/mol. The number of oxazole rings is 1. The highest BCUT2D eigenvalue weighted by Gasteiger charge is 2.28. The van der Waals surface area contributed by atoms with Crippen molar-refractivity contribution in [2.45, 2.75) is 45.6 Å². The smallest absolute Gasteiger partial charge is 0.374 e. The highest BCUT2D eigenvalue weighted by molar-refractivity contribution is 7.86. The monoisotopic (exact) mass is 677 g/mol. The van der Waals surface area contributed by atoms with E-state index in [1.54, 1.807) is 0 Å². The van der Waals surface area contributed by atoms with Gasteiger partial charge >= 0.3 is 5.89 Å². The van der Waals surface area contributed by atoms with Crippen LogP contribution in [0, 0.1) is 0 Å². The SMILES string of the molecule is CCC(=Cc1oc2ccc3ccccc3c2[n+]1CCCCS(=O)(=O)O)C=C1Oc2cc3ccccc3cc2N1CCCCS(=O)(=O)O. The van der Waals surface area contributed by atoms with E-state index < -0.39 is 20.2 Å². The first-order valence-electron chi connectivity index (χ1n) is 15.6. The van der Waals surface area contributed by atoms with Gasteiger partial charge in [-0.05, 0) is 71.7 Å². The van der Waals surface area contributed by atoms with Crippen LogP contribution in [0.25, 0.3) is 38.7 Å². The van der Waals surface area contributed by atoms with Gasteiger partial charge in [-0.2, -0.15) is 21.4 Å². The summed E-state index contributed by atoms with van der Waals surface area (Å²) in [5.74, 6) is 1.27. The molecule has 2 N–H and O–H groups in total. The lowest BCUT2D eigenvalue weighted by Crippen LogP contribution is -2.35. The van der Waals surface area contributed by atoms with Crippen LogP contribution < -0.4 is 14.2 Å². The minimum atomic E-state index is -4.06. The lowest BCUT2D eigenvalue weighted by molar-refractivity contribution is -0.677. The molecule has 2 heterocycles. The molecule has 5 aromatic rings. The third-order valence-corrected chi connectivity index (χ3v) is 9.92. The molecule has 0 aliphatic carbocycles. The molecule has 1 aliphatic rings. The van der Waals surface area contributed by atoms with Crippen LogP contribution in [0.4, 0.5) is 5.69 Å². The molecule has 0 atom stereocenters. The summed E-state index contributed by atoms with van der Waals surface area (Å²) in [5, 5.41) is 4.15. The third kappa shape index (κ3) is 7.68. The van der Waals surface area contributed by atoms with Crippen LogP contribution in [0.15, 0.2) is 94.7 Å². The van der Waals surface area contributed by atoms with E-state index in [1.165, 1.54) is 0 Å². The zero-order valence-corrected chi connectivity index (χ0v) is 27.6. The summed E-state index contributed by atoms with van der Waals surface area (Å²) in [6, 6.07) is 24.0. The van der Waals surface area contributed by atoms with E-state index in [9.17, 15) is 25.9 Å². The van der Waals surface area contributed by atoms with E-state index in [0.717, 1.165) is 38.3 Å². The van der Waals surface area contributed by atoms with Crippen LogP contribution in [0.1, 0.15) is 44.9 Å². The van der Waals surface area contributed by atoms with Gasteiger partial charge in [-0.15, -0.1) is 0 Å². The number of aromatic nitrogens is 1. The minimum absolute atomic E-state index is 0.296. The van der Waals surface area contributed by atoms with E-state index in [0.29, 0.717) is 68.3 Å². The Hall–Kier alpha value is -4.23. The summed E-state index contributed by atoms with van der Waals surface area (Å²) < 4.78 is 78.8. The van der Waals surface area contributed by atoms with Gasteiger partial charge in [0.1, 0.15) is 0 Å². The fourth-order valence-electron chi connectivity index (χ4n) is 6.00. The summed E-state index contributed by atoms with van der Waals surface area (Å²) in [4.78, 5) is 2.03. The van der Waals surface area contributed by atoms with Gasteiger partial charge in [-0.3, -0.25) is 9.11 Å². The molecule has 10 nitrogen and oxygen atoms in total. The van der Waals surface area contributed by atoms with Crippen LogP contribution in [0.3, 0.4) is 0 Å². The largest absolute Gasteiger partial charge is 0.439 e. The third-order valence-electron chi connectivity index (χ3n) is 8.31. The molecule has 0 saturated heterocycles. The van der Waals surface area contributed by atoms with Crippen LogP contribution in [-0.2, 0) is 26.8 Å². The average molecular weight is 678 g/mol. The number of hydrogen-bond donors (Lipinski definition) is 2. The van der Waals surface area contributed by atoms with Crippen molar-refractivity contribution in [3.05, 3.63) is 96.2 Å². The second kappa shape index (κ2) is 13.5. The Morgan fingerprint density at radius 3 is 2.19 bits per heavy atom. The molecule has 1 aliphatic heterocycles. The molecule has 0 saturated carbocycles. The van der Waals surface area contributed by atoms with Crippen molar-refractivity contribution in [3.8, 4) is 5.75 Å². The van der Waals surface area contributed by atoms with Gasteiger partial charge < -0.3 is 14.1 Å². The summed E-state index contributed by atoms with van der Waals surface area (Å²) in [5.41, 5.74) is 3.39. The van der Waals surface area contributed by atoms with Crippen molar-refractivity contribution in [1.82, 2.24) is 0 Å². The summed E-state index contributed by atoms with van der Waals surface area (Å²) in [6.07, 6.45) is 6.18. The Balaban J connectivity index is 1.38. The van der Waals surface area contributed by atoms with Crippen molar-refractivity contribution in [1.29, 1.82) is 0 Å². The Morgan fingerprint density at radius 1 is 0.830 bits per heavy atom. The Morgan fingerprint density at radius 2 is 1.49 bits per heavy atom. The van der Waals surface area contributed by atoms with Crippen LogP contribution in [0.5, 0.6) is 5.75 Å². The first-order valence-corrected chi connectivity index (χ1v) is 18.9. The number of benzene rings is 4. The quantitative estimate of drug-likeness (QED) is 0.0775. The predicted molar refractivity (Wildman–Crippen MR) is 183 cm³/mol. The molecule has 246 valence electrons. The Bertz CT molecular complexity index is 2240. The van der Waals surface area contributed by atoms with Gasteiger partial charge in [-0.25, -0.2) is 0 Å². The van der Waals surface area contributed by atoms with E-state index in [1.807, 2.05) is 90.7 Å². The summed E-state index contributed by atoms with van der Waals surface area (Å²) in [7, 11) is -8.11. The van der Waals surface area contributed by atoms with Crippen molar-refractivity contribution in [2.75, 3.05) is 23.0 Å². The van der Waals surface area contributed by atoms with Crippen molar-refractivity contribution in [2.24, 2.45) is 0 Å². The van der Waals surface area contributed by atoms with Gasteiger partial charge in [0.25, 0.3) is 25.8 Å². The topological polar surface area (TPSA) is 138 Å². The number of fused-ring (bicyclic) bond motifs is 5. The molecule has 0 unspecified atom stereocenters. The van der Waals surface area contributed by atoms with E-state index in [4.69, 9.17) is 9.15 Å². The van der Waals surface area contributed by atoms with Gasteiger partial charge in [0, 0.05) is 19.0 Å². The number of ether oxygens (including phenoxy) is 1. The second-order valence-corrected chi connectivity index (χ2v) is 14.8. The molecule has 0 amide bonds. The molecule has 1 aromatic heterocycles. The van der Waals surface area contributed by atoms with Crippen molar-refractivity contribution >= 4 is 64.6 Å². The number of unbranched alkanes of at least 4 members (excludes halogenated alkanes) is 2. The van der Waals surface area contributed by atoms with Crippen LogP contribution >= 0.6 is 0 Å². The van der Waals surface area contributed by atoms with Crippen molar-refractivity contribution < 1.29 is 39.7 Å². The van der Waals surface area contributed by atoms with E-state index >= 15 is 0 Å². The molecule has 47 heavy (non-hydrogen) atoms. The van der Waals surface area contributed by atoms with Gasteiger partial charge in [0.15, 0.2) is 12.3 Å². The van der Waals surface area contributed by atoms with E-state index in [-0.39, 0.29) is 11.5 Å². The molecule has 0 spiro atoms. The molecular formula is C35H37N2O8S2+. The van der Waals surface area contributed by atoms with Crippen LogP contribution in [0.2, 0.25) is 0 Å². The zero-order valence-electron chi connectivity index (χ0n) is 26.0. The lowest BCUT2D eigenvalue weighted by atomic mass is 10.1. The fraction of sp³-hybridized carbons (Fsp3) is 0.286. The number of nitrogens with zero attached hydrogens (tertiary/aromatic N) is 2. The second-order valence-electron chi connectivity index (χ2n) is 11.7. The Kier molecular flexibility index (Phi) is 9.38. The minimum Gasteiger partial charge on any atom is -0.439 e. The maximum Gasteiger partial charge on any atom is 0.374 e. The average Bonchev–Trinajstić information content (AvgIpc) is 3.55. The maximum absolute atomic E-state index is 11.4. The van der Waals surface area contributed by atoms with Crippen molar-refractivity contribution in [3.63, 3.8) is 0 Å². The molecule has 0 radical (unpaired) electrons. The number of aryl methyl sites for hydroxylation is 1. The standard InChI is InChI=1S/C35H36N2O8S2/c1-2-25(21-33-36(17-7-9-19-46(38,39)40)30-23-27-12-3-4-13-28(27)24-32(30)45-33)22-34-37(18-8-10-20-47(41,42)43)35-29-14-6-5-11-26(29)15-16-31(35)44-34/h3-6,11-16,21-24H,2,7-10,17-20H2,1H3,(H-,38,39,40,41,42,43)/p+1. The molecule has 6 rings (SSSR count). The number of hydrogen-bond acceptors (Lipinski definition) is 7. The number of allylic oxidation sites excluding steroid dienone is 2. The first kappa shape index (κ1) is 32.7. The van der Waals surface area contributed by atoms with Gasteiger partial charge in [0.2, 0.25) is 11.5 Å². The molecule has 4 aromatic carbocycles. The van der Waals surface area contributed by atoms with Crippen LogP contribution in [-0.4, -0.2) is 44.0 Å². The summed E-state index contributed by atoms with van der Waals surface area (Å²) >= 11 is 0. The molecule has 0 bridgehead atoms. The maximum atomic E-state index is 11.4. The highest BCUT2D eigenvalue weighted by atomic mass is 32.2.